The normalized spacial score (nSPS) is 20.6. The Morgan fingerprint density at radius 2 is 1.88 bits per heavy atom. The quantitative estimate of drug-likeness (QED) is 0.828. The lowest BCUT2D eigenvalue weighted by Gasteiger charge is -2.30. The number of benzene rings is 1. The first-order valence-electron chi connectivity index (χ1n) is 8.96. The lowest BCUT2D eigenvalue weighted by molar-refractivity contribution is -0.135. The predicted octanol–water partition coefficient (Wildman–Crippen LogP) is 3.30. The van der Waals surface area contributed by atoms with Crippen molar-refractivity contribution in [1.82, 2.24) is 9.88 Å². The minimum absolute atomic E-state index is 0.0101. The fraction of sp³-hybridized carbons (Fsp3) is 0.429. The number of nitrogens with zero attached hydrogens (tertiary/aromatic N) is 2. The summed E-state index contributed by atoms with van der Waals surface area (Å²) in [5.74, 6) is -0.407. The van der Waals surface area contributed by atoms with E-state index in [2.05, 4.69) is 4.98 Å². The summed E-state index contributed by atoms with van der Waals surface area (Å²) in [5.41, 5.74) is 0.287. The number of halogens is 1. The van der Waals surface area contributed by atoms with Crippen molar-refractivity contribution in [1.29, 1.82) is 0 Å². The van der Waals surface area contributed by atoms with E-state index in [0.717, 1.165) is 5.56 Å². The van der Waals surface area contributed by atoms with Crippen LogP contribution in [0.5, 0.6) is 0 Å². The predicted molar refractivity (Wildman–Crippen MR) is 97.8 cm³/mol. The molecule has 3 rings (SSSR count). The van der Waals surface area contributed by atoms with E-state index >= 15 is 0 Å². The lowest BCUT2D eigenvalue weighted by Crippen LogP contribution is -2.42. The molecule has 0 saturated heterocycles. The maximum absolute atomic E-state index is 14.6. The van der Waals surface area contributed by atoms with Crippen molar-refractivity contribution in [3.8, 4) is 0 Å². The van der Waals surface area contributed by atoms with Crippen molar-refractivity contribution in [2.45, 2.75) is 38.6 Å². The molecule has 26 heavy (non-hydrogen) atoms. The Balaban J connectivity index is 1.95. The van der Waals surface area contributed by atoms with E-state index in [1.54, 1.807) is 35.5 Å². The molecule has 0 aliphatic heterocycles. The summed E-state index contributed by atoms with van der Waals surface area (Å²) >= 11 is 0. The van der Waals surface area contributed by atoms with Crippen LogP contribution in [-0.2, 0) is 16.8 Å². The average molecular weight is 356 g/mol. The van der Waals surface area contributed by atoms with Gasteiger partial charge >= 0.3 is 0 Å². The first kappa shape index (κ1) is 18.5. The third-order valence-corrected chi connectivity index (χ3v) is 5.43. The Hall–Kier alpha value is -2.27. The second kappa shape index (κ2) is 7.16. The number of aliphatic hydroxyl groups is 1. The standard InChI is InChI=1S/C21H25FN2O2/c1-20(2)15-21(20,17-6-3-4-7-18(17)22)19(26)24(12-5-13-25)14-16-8-10-23-11-9-16/h3-4,6-11,25H,5,12-15H2,1-2H3/t21-/m1/s1. The molecule has 1 amide bonds. The van der Waals surface area contributed by atoms with Crippen LogP contribution in [0.4, 0.5) is 4.39 Å². The summed E-state index contributed by atoms with van der Waals surface area (Å²) in [7, 11) is 0. The molecule has 1 aliphatic carbocycles. The van der Waals surface area contributed by atoms with Crippen LogP contribution in [0.15, 0.2) is 48.8 Å². The molecule has 1 saturated carbocycles. The van der Waals surface area contributed by atoms with Crippen LogP contribution in [0.25, 0.3) is 0 Å². The van der Waals surface area contributed by atoms with E-state index in [1.165, 1.54) is 6.07 Å². The fourth-order valence-corrected chi connectivity index (χ4v) is 3.86. The molecule has 1 aromatic carbocycles. The Labute approximate surface area is 153 Å². The van der Waals surface area contributed by atoms with Gasteiger partial charge in [0.2, 0.25) is 5.91 Å². The van der Waals surface area contributed by atoms with Gasteiger partial charge in [0.25, 0.3) is 0 Å². The van der Waals surface area contributed by atoms with Gasteiger partial charge in [0.05, 0.1) is 5.41 Å². The third-order valence-electron chi connectivity index (χ3n) is 5.43. The molecule has 0 spiro atoms. The lowest BCUT2D eigenvalue weighted by atomic mass is 9.86. The van der Waals surface area contributed by atoms with E-state index in [1.807, 2.05) is 26.0 Å². The summed E-state index contributed by atoms with van der Waals surface area (Å²) in [5, 5.41) is 9.24. The van der Waals surface area contributed by atoms with Crippen LogP contribution < -0.4 is 0 Å². The molecule has 2 aromatic rings. The number of pyridine rings is 1. The maximum atomic E-state index is 14.6. The highest BCUT2D eigenvalue weighted by Crippen LogP contribution is 2.65. The first-order valence-corrected chi connectivity index (χ1v) is 8.96. The molecule has 0 unspecified atom stereocenters. The summed E-state index contributed by atoms with van der Waals surface area (Å²) in [6.45, 7) is 4.88. The van der Waals surface area contributed by atoms with Crippen LogP contribution in [0.1, 0.15) is 37.8 Å². The van der Waals surface area contributed by atoms with Crippen molar-refractivity contribution in [3.05, 3.63) is 65.7 Å². The number of aromatic nitrogens is 1. The zero-order valence-corrected chi connectivity index (χ0v) is 15.3. The number of carbonyl (C=O) groups excluding carboxylic acids is 1. The number of rotatable bonds is 7. The number of aliphatic hydroxyl groups excluding tert-OH is 1. The summed E-state index contributed by atoms with van der Waals surface area (Å²) < 4.78 is 14.6. The highest BCUT2D eigenvalue weighted by Gasteiger charge is 2.68. The van der Waals surface area contributed by atoms with Gasteiger partial charge in [-0.25, -0.2) is 4.39 Å². The van der Waals surface area contributed by atoms with E-state index in [9.17, 15) is 14.3 Å². The van der Waals surface area contributed by atoms with Crippen molar-refractivity contribution >= 4 is 5.91 Å². The molecule has 1 heterocycles. The number of hydrogen-bond donors (Lipinski definition) is 1. The Morgan fingerprint density at radius 3 is 2.46 bits per heavy atom. The largest absolute Gasteiger partial charge is 0.396 e. The van der Waals surface area contributed by atoms with E-state index in [-0.39, 0.29) is 23.7 Å². The Morgan fingerprint density at radius 1 is 1.23 bits per heavy atom. The molecule has 1 N–H and O–H groups in total. The maximum Gasteiger partial charge on any atom is 0.234 e. The van der Waals surface area contributed by atoms with E-state index < -0.39 is 5.41 Å². The molecule has 1 aromatic heterocycles. The summed E-state index contributed by atoms with van der Waals surface area (Å²) in [6, 6.07) is 10.3. The van der Waals surface area contributed by atoms with Gasteiger partial charge < -0.3 is 10.0 Å². The monoisotopic (exact) mass is 356 g/mol. The van der Waals surface area contributed by atoms with Gasteiger partial charge in [-0.05, 0) is 42.0 Å². The Bertz CT molecular complexity index is 779. The molecule has 138 valence electrons. The van der Waals surface area contributed by atoms with E-state index in [0.29, 0.717) is 31.5 Å². The van der Waals surface area contributed by atoms with Crippen LogP contribution in [-0.4, -0.2) is 34.0 Å². The highest BCUT2D eigenvalue weighted by molar-refractivity contribution is 5.93. The smallest absolute Gasteiger partial charge is 0.234 e. The highest BCUT2D eigenvalue weighted by atomic mass is 19.1. The van der Waals surface area contributed by atoms with Crippen molar-refractivity contribution in [3.63, 3.8) is 0 Å². The van der Waals surface area contributed by atoms with Crippen LogP contribution in [0.2, 0.25) is 0 Å². The average Bonchev–Trinajstić information content (AvgIpc) is 3.22. The molecule has 1 aliphatic rings. The van der Waals surface area contributed by atoms with Gasteiger partial charge in [-0.15, -0.1) is 0 Å². The summed E-state index contributed by atoms with van der Waals surface area (Å²) in [4.78, 5) is 19.3. The molecule has 1 fully saturated rings. The molecular formula is C21H25FN2O2. The zero-order valence-electron chi connectivity index (χ0n) is 15.3. The topological polar surface area (TPSA) is 53.4 Å². The molecule has 0 radical (unpaired) electrons. The zero-order chi connectivity index (χ0) is 18.8. The molecular weight excluding hydrogens is 331 g/mol. The van der Waals surface area contributed by atoms with Crippen molar-refractivity contribution in [2.75, 3.05) is 13.2 Å². The van der Waals surface area contributed by atoms with Gasteiger partial charge in [0.1, 0.15) is 5.82 Å². The van der Waals surface area contributed by atoms with Crippen LogP contribution >= 0.6 is 0 Å². The van der Waals surface area contributed by atoms with Gasteiger partial charge in [-0.3, -0.25) is 9.78 Å². The second-order valence-electron chi connectivity index (χ2n) is 7.61. The van der Waals surface area contributed by atoms with Gasteiger partial charge in [0, 0.05) is 37.7 Å². The van der Waals surface area contributed by atoms with Gasteiger partial charge in [-0.1, -0.05) is 32.0 Å². The minimum Gasteiger partial charge on any atom is -0.396 e. The number of hydrogen-bond acceptors (Lipinski definition) is 3. The minimum atomic E-state index is -0.846. The molecule has 4 nitrogen and oxygen atoms in total. The van der Waals surface area contributed by atoms with Gasteiger partial charge in [0.15, 0.2) is 0 Å². The Kier molecular flexibility index (Phi) is 5.10. The summed E-state index contributed by atoms with van der Waals surface area (Å²) in [6.07, 6.45) is 4.49. The van der Waals surface area contributed by atoms with Crippen molar-refractivity contribution < 1.29 is 14.3 Å². The second-order valence-corrected chi connectivity index (χ2v) is 7.61. The van der Waals surface area contributed by atoms with E-state index in [4.69, 9.17) is 0 Å². The van der Waals surface area contributed by atoms with Crippen LogP contribution in [0.3, 0.4) is 0 Å². The number of amides is 1. The number of carbonyl (C=O) groups is 1. The van der Waals surface area contributed by atoms with Crippen LogP contribution in [0, 0.1) is 11.2 Å². The first-order chi connectivity index (χ1) is 12.4. The SMILES string of the molecule is CC1(C)C[C@]1(C(=O)N(CCCO)Cc1ccncc1)c1ccccc1F. The van der Waals surface area contributed by atoms with Gasteiger partial charge in [-0.2, -0.15) is 0 Å². The molecule has 1 atom stereocenters. The van der Waals surface area contributed by atoms with Crippen molar-refractivity contribution in [2.24, 2.45) is 5.41 Å². The molecule has 0 bridgehead atoms. The third kappa shape index (κ3) is 3.23. The fourth-order valence-electron chi connectivity index (χ4n) is 3.86. The molecule has 5 heteroatoms.